The lowest BCUT2D eigenvalue weighted by atomic mass is 9.95. The van der Waals surface area contributed by atoms with Gasteiger partial charge >= 0.3 is 17.1 Å². The van der Waals surface area contributed by atoms with Gasteiger partial charge in [-0.25, -0.2) is 28.1 Å². The van der Waals surface area contributed by atoms with E-state index in [1.165, 1.54) is 12.2 Å². The fraction of sp³-hybridized carbons (Fsp3) is 0.391. The summed E-state index contributed by atoms with van der Waals surface area (Å²) >= 11 is 0. The number of fused-ring (bicyclic) bond motifs is 1. The van der Waals surface area contributed by atoms with Crippen molar-refractivity contribution in [3.8, 4) is 11.5 Å². The van der Waals surface area contributed by atoms with Crippen molar-refractivity contribution in [3.05, 3.63) is 80.5 Å². The molecule has 1 aliphatic rings. The fourth-order valence-electron chi connectivity index (χ4n) is 3.64. The van der Waals surface area contributed by atoms with Crippen LogP contribution in [0.4, 0.5) is 0 Å². The summed E-state index contributed by atoms with van der Waals surface area (Å²) in [6.07, 6.45) is 2.74. The van der Waals surface area contributed by atoms with E-state index in [-0.39, 0.29) is 19.0 Å². The standard InChI is InChI=1S/C23H28N4O6/c1-5-9-25-21(29)26(10-6-2)23(31)27(22(25)30)14-19(28)24-20(15(3)4)16-7-8-17-18(13-16)33-12-11-32-17/h5-8,13,15,20H,1-2,9-12,14H2,3-4H3,(H,24,28). The van der Waals surface area contributed by atoms with E-state index in [2.05, 4.69) is 18.5 Å². The van der Waals surface area contributed by atoms with Gasteiger partial charge in [0, 0.05) is 0 Å². The number of rotatable bonds is 9. The van der Waals surface area contributed by atoms with E-state index in [1.54, 1.807) is 6.07 Å². The van der Waals surface area contributed by atoms with Crippen LogP contribution in [0, 0.1) is 5.92 Å². The van der Waals surface area contributed by atoms with E-state index in [4.69, 9.17) is 9.47 Å². The maximum absolute atomic E-state index is 12.9. The summed E-state index contributed by atoms with van der Waals surface area (Å²) in [5.74, 6) is 0.688. The molecule has 0 aliphatic carbocycles. The van der Waals surface area contributed by atoms with Crippen molar-refractivity contribution in [3.63, 3.8) is 0 Å². The molecule has 0 saturated carbocycles. The predicted molar refractivity (Wildman–Crippen MR) is 123 cm³/mol. The largest absolute Gasteiger partial charge is 0.486 e. The number of hydrogen-bond acceptors (Lipinski definition) is 6. The van der Waals surface area contributed by atoms with Crippen molar-refractivity contribution in [2.24, 2.45) is 5.92 Å². The molecule has 1 aromatic heterocycles. The molecule has 1 aromatic carbocycles. The number of amides is 1. The van der Waals surface area contributed by atoms with Crippen LogP contribution >= 0.6 is 0 Å². The Labute approximate surface area is 190 Å². The van der Waals surface area contributed by atoms with Crippen LogP contribution in [0.3, 0.4) is 0 Å². The van der Waals surface area contributed by atoms with Gasteiger partial charge in [0.1, 0.15) is 19.8 Å². The van der Waals surface area contributed by atoms with Crippen molar-refractivity contribution in [2.45, 2.75) is 39.5 Å². The highest BCUT2D eigenvalue weighted by Gasteiger charge is 2.23. The van der Waals surface area contributed by atoms with Crippen LogP contribution in [0.2, 0.25) is 0 Å². The van der Waals surface area contributed by atoms with Gasteiger partial charge in [0.2, 0.25) is 5.91 Å². The summed E-state index contributed by atoms with van der Waals surface area (Å²) in [6, 6.07) is 5.03. The molecule has 1 amide bonds. The van der Waals surface area contributed by atoms with Crippen molar-refractivity contribution < 1.29 is 14.3 Å². The SMILES string of the molecule is C=CCn1c(=O)n(CC=C)c(=O)n(CC(=O)NC(c2ccc3c(c2)OCCO3)C(C)C)c1=O. The molecule has 33 heavy (non-hydrogen) atoms. The first kappa shape index (κ1) is 23.8. The van der Waals surface area contributed by atoms with Gasteiger partial charge in [-0.15, -0.1) is 13.2 Å². The molecule has 0 spiro atoms. The summed E-state index contributed by atoms with van der Waals surface area (Å²) in [5, 5.41) is 2.89. The van der Waals surface area contributed by atoms with Crippen LogP contribution in [-0.4, -0.2) is 32.8 Å². The second-order valence-electron chi connectivity index (χ2n) is 7.92. The fourth-order valence-corrected chi connectivity index (χ4v) is 3.64. The van der Waals surface area contributed by atoms with Gasteiger partial charge in [0.05, 0.1) is 19.1 Å². The molecule has 176 valence electrons. The Morgan fingerprint density at radius 3 is 2.06 bits per heavy atom. The summed E-state index contributed by atoms with van der Waals surface area (Å²) < 4.78 is 13.6. The van der Waals surface area contributed by atoms with E-state index in [1.807, 2.05) is 26.0 Å². The summed E-state index contributed by atoms with van der Waals surface area (Å²) in [7, 11) is 0. The van der Waals surface area contributed by atoms with Crippen LogP contribution < -0.4 is 31.9 Å². The lowest BCUT2D eigenvalue weighted by molar-refractivity contribution is -0.122. The molecule has 10 heteroatoms. The Bertz CT molecular complexity index is 1190. The van der Waals surface area contributed by atoms with Gasteiger partial charge in [0.15, 0.2) is 11.5 Å². The third-order valence-electron chi connectivity index (χ3n) is 5.22. The average Bonchev–Trinajstić information content (AvgIpc) is 2.80. The molecule has 1 unspecified atom stereocenters. The average molecular weight is 456 g/mol. The minimum atomic E-state index is -0.874. The molecule has 0 radical (unpaired) electrons. The van der Waals surface area contributed by atoms with E-state index < -0.39 is 35.6 Å². The minimum absolute atomic E-state index is 0.000346. The van der Waals surface area contributed by atoms with Crippen LogP contribution in [-0.2, 0) is 24.4 Å². The van der Waals surface area contributed by atoms with Crippen molar-refractivity contribution in [1.82, 2.24) is 19.0 Å². The Morgan fingerprint density at radius 1 is 0.970 bits per heavy atom. The molecule has 10 nitrogen and oxygen atoms in total. The first-order valence-electron chi connectivity index (χ1n) is 10.6. The van der Waals surface area contributed by atoms with Gasteiger partial charge in [-0.05, 0) is 23.6 Å². The van der Waals surface area contributed by atoms with Crippen molar-refractivity contribution in [1.29, 1.82) is 0 Å². The van der Waals surface area contributed by atoms with Gasteiger partial charge in [0.25, 0.3) is 0 Å². The predicted octanol–water partition coefficient (Wildman–Crippen LogP) is 0.828. The lowest BCUT2D eigenvalue weighted by Crippen LogP contribution is -2.55. The zero-order valence-corrected chi connectivity index (χ0v) is 18.8. The van der Waals surface area contributed by atoms with Crippen LogP contribution in [0.25, 0.3) is 0 Å². The van der Waals surface area contributed by atoms with Crippen LogP contribution in [0.5, 0.6) is 11.5 Å². The van der Waals surface area contributed by atoms with Crippen molar-refractivity contribution in [2.75, 3.05) is 13.2 Å². The lowest BCUT2D eigenvalue weighted by Gasteiger charge is -2.25. The zero-order valence-electron chi connectivity index (χ0n) is 18.8. The number of nitrogens with one attached hydrogen (secondary N) is 1. The first-order chi connectivity index (χ1) is 15.8. The number of aromatic nitrogens is 3. The summed E-state index contributed by atoms with van der Waals surface area (Å²) in [5.41, 5.74) is -1.73. The highest BCUT2D eigenvalue weighted by molar-refractivity contribution is 5.76. The monoisotopic (exact) mass is 456 g/mol. The molecule has 0 saturated heterocycles. The van der Waals surface area contributed by atoms with Gasteiger partial charge in [-0.3, -0.25) is 4.79 Å². The van der Waals surface area contributed by atoms with Gasteiger partial charge in [-0.2, -0.15) is 0 Å². The highest BCUT2D eigenvalue weighted by atomic mass is 16.6. The molecule has 0 fully saturated rings. The highest BCUT2D eigenvalue weighted by Crippen LogP contribution is 2.34. The second-order valence-corrected chi connectivity index (χ2v) is 7.92. The number of carbonyl (C=O) groups is 1. The number of hydrogen-bond donors (Lipinski definition) is 1. The molecule has 0 bridgehead atoms. The normalized spacial score (nSPS) is 13.4. The molecule has 3 rings (SSSR count). The second kappa shape index (κ2) is 10.2. The Hall–Kier alpha value is -3.82. The summed E-state index contributed by atoms with van der Waals surface area (Å²) in [6.45, 7) is 11.1. The number of carbonyl (C=O) groups excluding carboxylic acids is 1. The molecule has 2 aromatic rings. The zero-order chi connectivity index (χ0) is 24.1. The number of benzene rings is 1. The maximum Gasteiger partial charge on any atom is 0.337 e. The smallest absolute Gasteiger partial charge is 0.337 e. The van der Waals surface area contributed by atoms with E-state index >= 15 is 0 Å². The van der Waals surface area contributed by atoms with E-state index in [0.29, 0.717) is 24.7 Å². The number of allylic oxidation sites excluding steroid dienone is 2. The Kier molecular flexibility index (Phi) is 7.37. The van der Waals surface area contributed by atoms with E-state index in [9.17, 15) is 19.2 Å². The molecular weight excluding hydrogens is 428 g/mol. The minimum Gasteiger partial charge on any atom is -0.486 e. The van der Waals surface area contributed by atoms with Crippen LogP contribution in [0.1, 0.15) is 25.5 Å². The van der Waals surface area contributed by atoms with Crippen molar-refractivity contribution >= 4 is 5.91 Å². The third-order valence-corrected chi connectivity index (χ3v) is 5.22. The molecule has 1 N–H and O–H groups in total. The molecule has 2 heterocycles. The molecule has 1 atom stereocenters. The molecule has 1 aliphatic heterocycles. The van der Waals surface area contributed by atoms with Gasteiger partial charge in [-0.1, -0.05) is 32.1 Å². The Balaban J connectivity index is 1.92. The summed E-state index contributed by atoms with van der Waals surface area (Å²) in [4.78, 5) is 50.9. The van der Waals surface area contributed by atoms with Crippen LogP contribution in [0.15, 0.2) is 57.9 Å². The Morgan fingerprint density at radius 2 is 1.52 bits per heavy atom. The third kappa shape index (κ3) is 5.00. The first-order valence-corrected chi connectivity index (χ1v) is 10.6. The quantitative estimate of drug-likeness (QED) is 0.559. The number of ether oxygens (including phenoxy) is 2. The maximum atomic E-state index is 12.9. The van der Waals surface area contributed by atoms with E-state index in [0.717, 1.165) is 19.3 Å². The number of nitrogens with zero attached hydrogens (tertiary/aromatic N) is 3. The topological polar surface area (TPSA) is 114 Å². The molecular formula is C23H28N4O6. The van der Waals surface area contributed by atoms with Gasteiger partial charge < -0.3 is 14.8 Å².